The Morgan fingerprint density at radius 1 is 1.18 bits per heavy atom. The van der Waals surface area contributed by atoms with Crippen molar-refractivity contribution in [2.45, 2.75) is 20.4 Å². The van der Waals surface area contributed by atoms with Gasteiger partial charge in [-0.2, -0.15) is 0 Å². The molecule has 3 nitrogen and oxygen atoms in total. The SMILES string of the molecule is CCN(CC(=O)NCc1ccccc1C)c1cccc(F)c1. The fourth-order valence-electron chi connectivity index (χ4n) is 2.29. The van der Waals surface area contributed by atoms with Crippen molar-refractivity contribution in [2.24, 2.45) is 0 Å². The highest BCUT2D eigenvalue weighted by Gasteiger charge is 2.10. The molecule has 0 aliphatic carbocycles. The van der Waals surface area contributed by atoms with Gasteiger partial charge in [-0.25, -0.2) is 4.39 Å². The number of rotatable bonds is 6. The summed E-state index contributed by atoms with van der Waals surface area (Å²) in [5, 5.41) is 2.91. The van der Waals surface area contributed by atoms with Gasteiger partial charge in [0.15, 0.2) is 0 Å². The van der Waals surface area contributed by atoms with Crippen molar-refractivity contribution in [3.05, 3.63) is 65.5 Å². The second-order valence-corrected chi connectivity index (χ2v) is 5.20. The summed E-state index contributed by atoms with van der Waals surface area (Å²) in [6, 6.07) is 14.3. The Kier molecular flexibility index (Phi) is 5.53. The molecule has 0 radical (unpaired) electrons. The molecule has 0 saturated heterocycles. The predicted octanol–water partition coefficient (Wildman–Crippen LogP) is 3.28. The van der Waals surface area contributed by atoms with Crippen molar-refractivity contribution in [1.29, 1.82) is 0 Å². The number of carbonyl (C=O) groups excluding carboxylic acids is 1. The summed E-state index contributed by atoms with van der Waals surface area (Å²) < 4.78 is 13.3. The summed E-state index contributed by atoms with van der Waals surface area (Å²) in [6.07, 6.45) is 0. The molecule has 0 fully saturated rings. The molecule has 2 aromatic rings. The molecule has 22 heavy (non-hydrogen) atoms. The number of nitrogens with one attached hydrogen (secondary N) is 1. The highest BCUT2D eigenvalue weighted by molar-refractivity contribution is 5.81. The minimum Gasteiger partial charge on any atom is -0.362 e. The van der Waals surface area contributed by atoms with Crippen molar-refractivity contribution < 1.29 is 9.18 Å². The maximum absolute atomic E-state index is 13.3. The number of likely N-dealkylation sites (N-methyl/N-ethyl adjacent to an activating group) is 1. The standard InChI is InChI=1S/C18H21FN2O/c1-3-21(17-10-6-9-16(19)11-17)13-18(22)20-12-15-8-5-4-7-14(15)2/h4-11H,3,12-13H2,1-2H3,(H,20,22). The smallest absolute Gasteiger partial charge is 0.239 e. The Morgan fingerprint density at radius 3 is 2.64 bits per heavy atom. The van der Waals surface area contributed by atoms with Crippen LogP contribution in [0.25, 0.3) is 0 Å². The van der Waals surface area contributed by atoms with Crippen LogP contribution in [0.5, 0.6) is 0 Å². The van der Waals surface area contributed by atoms with Gasteiger partial charge in [-0.05, 0) is 43.2 Å². The summed E-state index contributed by atoms with van der Waals surface area (Å²) >= 11 is 0. The van der Waals surface area contributed by atoms with Crippen LogP contribution in [-0.2, 0) is 11.3 Å². The Balaban J connectivity index is 1.94. The highest BCUT2D eigenvalue weighted by Crippen LogP contribution is 2.15. The van der Waals surface area contributed by atoms with Crippen molar-refractivity contribution in [3.63, 3.8) is 0 Å². The van der Waals surface area contributed by atoms with Crippen molar-refractivity contribution >= 4 is 11.6 Å². The van der Waals surface area contributed by atoms with E-state index < -0.39 is 0 Å². The average molecular weight is 300 g/mol. The van der Waals surface area contributed by atoms with Gasteiger partial charge in [0.2, 0.25) is 5.91 Å². The molecule has 1 amide bonds. The summed E-state index contributed by atoms with van der Waals surface area (Å²) in [6.45, 7) is 5.32. The lowest BCUT2D eigenvalue weighted by Gasteiger charge is -2.22. The molecule has 0 aliphatic heterocycles. The van der Waals surface area contributed by atoms with Crippen LogP contribution in [0.15, 0.2) is 48.5 Å². The quantitative estimate of drug-likeness (QED) is 0.888. The number of halogens is 1. The number of benzene rings is 2. The number of hydrogen-bond acceptors (Lipinski definition) is 2. The molecule has 0 saturated carbocycles. The summed E-state index contributed by atoms with van der Waals surface area (Å²) in [4.78, 5) is 14.0. The van der Waals surface area contributed by atoms with Gasteiger partial charge in [-0.15, -0.1) is 0 Å². The third kappa shape index (κ3) is 4.32. The van der Waals surface area contributed by atoms with Crippen LogP contribution in [0, 0.1) is 12.7 Å². The van der Waals surface area contributed by atoms with Gasteiger partial charge < -0.3 is 10.2 Å². The van der Waals surface area contributed by atoms with E-state index in [9.17, 15) is 9.18 Å². The third-order valence-electron chi connectivity index (χ3n) is 3.63. The normalized spacial score (nSPS) is 10.3. The lowest BCUT2D eigenvalue weighted by molar-refractivity contribution is -0.119. The molecule has 0 heterocycles. The van der Waals surface area contributed by atoms with E-state index in [0.29, 0.717) is 18.8 Å². The summed E-state index contributed by atoms with van der Waals surface area (Å²) in [5.74, 6) is -0.370. The van der Waals surface area contributed by atoms with Crippen molar-refractivity contribution in [3.8, 4) is 0 Å². The van der Waals surface area contributed by atoms with E-state index in [2.05, 4.69) is 5.32 Å². The average Bonchev–Trinajstić information content (AvgIpc) is 2.52. The molecule has 2 aromatic carbocycles. The molecular weight excluding hydrogens is 279 g/mol. The van der Waals surface area contributed by atoms with E-state index in [1.54, 1.807) is 12.1 Å². The van der Waals surface area contributed by atoms with Crippen LogP contribution in [0.2, 0.25) is 0 Å². The van der Waals surface area contributed by atoms with Crippen LogP contribution < -0.4 is 10.2 Å². The van der Waals surface area contributed by atoms with Crippen LogP contribution in [0.4, 0.5) is 10.1 Å². The first kappa shape index (κ1) is 16.0. The zero-order valence-corrected chi connectivity index (χ0v) is 13.0. The largest absolute Gasteiger partial charge is 0.362 e. The summed E-state index contributed by atoms with van der Waals surface area (Å²) in [7, 11) is 0. The number of anilines is 1. The Morgan fingerprint density at radius 2 is 1.95 bits per heavy atom. The van der Waals surface area contributed by atoms with E-state index in [1.807, 2.05) is 43.0 Å². The second-order valence-electron chi connectivity index (χ2n) is 5.20. The molecule has 116 valence electrons. The molecule has 0 unspecified atom stereocenters. The van der Waals surface area contributed by atoms with Crippen molar-refractivity contribution in [2.75, 3.05) is 18.0 Å². The van der Waals surface area contributed by atoms with Gasteiger partial charge in [0.05, 0.1) is 6.54 Å². The van der Waals surface area contributed by atoms with E-state index in [4.69, 9.17) is 0 Å². The first-order valence-electron chi connectivity index (χ1n) is 7.42. The molecule has 1 N–H and O–H groups in total. The van der Waals surface area contributed by atoms with E-state index in [-0.39, 0.29) is 18.3 Å². The van der Waals surface area contributed by atoms with E-state index >= 15 is 0 Å². The zero-order chi connectivity index (χ0) is 15.9. The minimum atomic E-state index is -0.295. The summed E-state index contributed by atoms with van der Waals surface area (Å²) in [5.41, 5.74) is 2.97. The Labute approximate surface area is 130 Å². The predicted molar refractivity (Wildman–Crippen MR) is 87.3 cm³/mol. The van der Waals surface area contributed by atoms with Gasteiger partial charge in [0.25, 0.3) is 0 Å². The monoisotopic (exact) mass is 300 g/mol. The number of hydrogen-bond donors (Lipinski definition) is 1. The van der Waals surface area contributed by atoms with E-state index in [1.165, 1.54) is 12.1 Å². The Bertz CT molecular complexity index is 642. The van der Waals surface area contributed by atoms with Gasteiger partial charge in [0.1, 0.15) is 5.82 Å². The molecule has 4 heteroatoms. The number of amides is 1. The lowest BCUT2D eigenvalue weighted by atomic mass is 10.1. The Hall–Kier alpha value is -2.36. The molecule has 0 aliphatic rings. The first-order valence-corrected chi connectivity index (χ1v) is 7.42. The van der Waals surface area contributed by atoms with Crippen LogP contribution in [0.1, 0.15) is 18.1 Å². The van der Waals surface area contributed by atoms with Gasteiger partial charge in [0, 0.05) is 18.8 Å². The fourth-order valence-corrected chi connectivity index (χ4v) is 2.29. The molecule has 0 bridgehead atoms. The molecule has 0 aromatic heterocycles. The van der Waals surface area contributed by atoms with Crippen molar-refractivity contribution in [1.82, 2.24) is 5.32 Å². The second kappa shape index (κ2) is 7.59. The molecule has 2 rings (SSSR count). The fraction of sp³-hybridized carbons (Fsp3) is 0.278. The maximum Gasteiger partial charge on any atom is 0.239 e. The van der Waals surface area contributed by atoms with Gasteiger partial charge in [-0.1, -0.05) is 30.3 Å². The number of aryl methyl sites for hydroxylation is 1. The maximum atomic E-state index is 13.3. The van der Waals surface area contributed by atoms with Crippen LogP contribution in [-0.4, -0.2) is 19.0 Å². The lowest BCUT2D eigenvalue weighted by Crippen LogP contribution is -2.37. The topological polar surface area (TPSA) is 32.3 Å². The highest BCUT2D eigenvalue weighted by atomic mass is 19.1. The third-order valence-corrected chi connectivity index (χ3v) is 3.63. The molecule has 0 atom stereocenters. The van der Waals surface area contributed by atoms with Crippen LogP contribution in [0.3, 0.4) is 0 Å². The number of carbonyl (C=O) groups is 1. The number of nitrogens with zero attached hydrogens (tertiary/aromatic N) is 1. The van der Waals surface area contributed by atoms with Gasteiger partial charge in [-0.3, -0.25) is 4.79 Å². The van der Waals surface area contributed by atoms with Crippen LogP contribution >= 0.6 is 0 Å². The molecular formula is C18H21FN2O. The van der Waals surface area contributed by atoms with Gasteiger partial charge >= 0.3 is 0 Å². The first-order chi connectivity index (χ1) is 10.6. The zero-order valence-electron chi connectivity index (χ0n) is 13.0. The minimum absolute atomic E-state index is 0.0747. The van der Waals surface area contributed by atoms with E-state index in [0.717, 1.165) is 11.1 Å². The molecule has 0 spiro atoms.